The SMILES string of the molecule is CCCCCCCCCCCCCCCCCCCCC(=O)O[C@H](COC(=O)CCCCCCCCCC)COP(=O)(O)OC[C@H](O)COP(=O)(O)OC[C@@H](COC(=O)CCCCCCCCCCCCCCCCCCCCC(C)C)OC(=O)CCCCCCCCCCCCCCCCCCCCC(C)CC. The minimum Gasteiger partial charge on any atom is -0.462 e. The van der Waals surface area contributed by atoms with Crippen LogP contribution in [0.4, 0.5) is 0 Å². The van der Waals surface area contributed by atoms with Crippen LogP contribution < -0.4 is 0 Å². The third-order valence-electron chi connectivity index (χ3n) is 21.6. The fourth-order valence-electron chi connectivity index (χ4n) is 14.1. The summed E-state index contributed by atoms with van der Waals surface area (Å²) < 4.78 is 68.9. The van der Waals surface area contributed by atoms with Gasteiger partial charge in [-0.15, -0.1) is 0 Å². The number of phosphoric ester groups is 2. The van der Waals surface area contributed by atoms with E-state index in [-0.39, 0.29) is 25.7 Å². The summed E-state index contributed by atoms with van der Waals surface area (Å²) in [5.41, 5.74) is 0. The fourth-order valence-corrected chi connectivity index (χ4v) is 15.7. The molecular weight excluding hydrogens is 1410 g/mol. The van der Waals surface area contributed by atoms with Crippen molar-refractivity contribution in [2.45, 2.75) is 503 Å². The Labute approximate surface area is 670 Å². The topological polar surface area (TPSA) is 237 Å². The first-order chi connectivity index (χ1) is 52.9. The molecule has 0 aromatic carbocycles. The van der Waals surface area contributed by atoms with Gasteiger partial charge in [0.1, 0.15) is 19.3 Å². The van der Waals surface area contributed by atoms with Gasteiger partial charge in [0.2, 0.25) is 0 Å². The van der Waals surface area contributed by atoms with Crippen LogP contribution in [0, 0.1) is 11.8 Å². The zero-order valence-corrected chi connectivity index (χ0v) is 73.7. The second-order valence-corrected chi connectivity index (χ2v) is 36.0. The number of rotatable bonds is 89. The van der Waals surface area contributed by atoms with E-state index in [4.69, 9.17) is 37.0 Å². The maximum absolute atomic E-state index is 13.2. The minimum absolute atomic E-state index is 0.109. The summed E-state index contributed by atoms with van der Waals surface area (Å²) in [4.78, 5) is 73.2. The molecule has 648 valence electrons. The van der Waals surface area contributed by atoms with Crippen LogP contribution in [0.3, 0.4) is 0 Å². The first-order valence-electron chi connectivity index (χ1n) is 46.5. The smallest absolute Gasteiger partial charge is 0.462 e. The number of hydrogen-bond acceptors (Lipinski definition) is 15. The second-order valence-electron chi connectivity index (χ2n) is 33.1. The van der Waals surface area contributed by atoms with Crippen LogP contribution in [0.25, 0.3) is 0 Å². The molecule has 0 aliphatic rings. The summed E-state index contributed by atoms with van der Waals surface area (Å²) in [6.45, 7) is 9.77. The van der Waals surface area contributed by atoms with E-state index in [1.807, 2.05) is 0 Å². The quantitative estimate of drug-likeness (QED) is 0.0222. The van der Waals surface area contributed by atoms with Crippen molar-refractivity contribution in [3.05, 3.63) is 0 Å². The number of phosphoric acid groups is 2. The van der Waals surface area contributed by atoms with Crippen molar-refractivity contribution in [1.82, 2.24) is 0 Å². The molecule has 3 unspecified atom stereocenters. The minimum atomic E-state index is -4.97. The Bertz CT molecular complexity index is 2080. The van der Waals surface area contributed by atoms with E-state index in [1.54, 1.807) is 0 Å². The van der Waals surface area contributed by atoms with Gasteiger partial charge in [0, 0.05) is 25.7 Å². The molecule has 0 saturated heterocycles. The van der Waals surface area contributed by atoms with Gasteiger partial charge in [-0.05, 0) is 37.5 Å². The number of carbonyl (C=O) groups excluding carboxylic acids is 4. The van der Waals surface area contributed by atoms with Crippen molar-refractivity contribution in [3.8, 4) is 0 Å². The maximum atomic E-state index is 13.2. The fraction of sp³-hybridized carbons (Fsp3) is 0.956. The molecule has 0 aromatic heterocycles. The molecule has 19 heteroatoms. The molecule has 0 heterocycles. The summed E-state index contributed by atoms with van der Waals surface area (Å²) in [7, 11) is -9.93. The molecule has 0 spiro atoms. The predicted molar refractivity (Wildman–Crippen MR) is 451 cm³/mol. The van der Waals surface area contributed by atoms with Crippen LogP contribution in [0.2, 0.25) is 0 Å². The van der Waals surface area contributed by atoms with Crippen molar-refractivity contribution >= 4 is 39.5 Å². The Morgan fingerprint density at radius 2 is 0.468 bits per heavy atom. The highest BCUT2D eigenvalue weighted by molar-refractivity contribution is 7.47. The molecule has 0 fully saturated rings. The number of hydrogen-bond donors (Lipinski definition) is 3. The van der Waals surface area contributed by atoms with Crippen molar-refractivity contribution in [3.63, 3.8) is 0 Å². The Hall–Kier alpha value is -1.94. The normalized spacial score (nSPS) is 14.0. The zero-order chi connectivity index (χ0) is 79.9. The summed E-state index contributed by atoms with van der Waals surface area (Å²) in [6.07, 6.45) is 75.2. The molecule has 17 nitrogen and oxygen atoms in total. The Morgan fingerprint density at radius 3 is 0.697 bits per heavy atom. The van der Waals surface area contributed by atoms with Gasteiger partial charge < -0.3 is 33.8 Å². The highest BCUT2D eigenvalue weighted by Crippen LogP contribution is 2.45. The number of esters is 4. The lowest BCUT2D eigenvalue weighted by molar-refractivity contribution is -0.161. The Morgan fingerprint density at radius 1 is 0.266 bits per heavy atom. The molecule has 0 saturated carbocycles. The van der Waals surface area contributed by atoms with Gasteiger partial charge in [-0.2, -0.15) is 0 Å². The van der Waals surface area contributed by atoms with Crippen molar-refractivity contribution in [1.29, 1.82) is 0 Å². The van der Waals surface area contributed by atoms with Crippen LogP contribution in [-0.4, -0.2) is 96.7 Å². The average molecular weight is 1590 g/mol. The monoisotopic (exact) mass is 1590 g/mol. The highest BCUT2D eigenvalue weighted by Gasteiger charge is 2.31. The molecule has 0 amide bonds. The lowest BCUT2D eigenvalue weighted by Crippen LogP contribution is -2.30. The lowest BCUT2D eigenvalue weighted by atomic mass is 9.99. The van der Waals surface area contributed by atoms with Gasteiger partial charge in [-0.25, -0.2) is 9.13 Å². The van der Waals surface area contributed by atoms with Gasteiger partial charge in [0.05, 0.1) is 26.4 Å². The standard InChI is InChI=1S/C90H176O17P2/c1-7-10-12-14-16-18-19-20-21-22-29-35-40-45-50-56-62-68-74-89(94)106-85(78-100-87(92)72-66-60-54-17-15-13-11-8-2)80-104-108(96,97)102-76-84(91)77-103-109(98,99)105-81-86(79-101-88(93)73-67-61-55-49-44-39-34-30-25-23-27-32-37-42-47-52-58-64-70-82(4)5)107-90(95)75-69-63-57-51-46-41-36-31-26-24-28-33-38-43-48-53-59-65-71-83(6)9-3/h82-86,91H,7-81H2,1-6H3,(H,96,97)(H,98,99)/t83?,84-,85+,86+/m0/s1. The first kappa shape index (κ1) is 107. The van der Waals surface area contributed by atoms with Crippen LogP contribution >= 0.6 is 15.6 Å². The van der Waals surface area contributed by atoms with Crippen LogP contribution in [-0.2, 0) is 65.4 Å². The number of aliphatic hydroxyl groups is 1. The average Bonchev–Trinajstić information content (AvgIpc) is 0.897. The van der Waals surface area contributed by atoms with Crippen LogP contribution in [0.5, 0.6) is 0 Å². The molecule has 6 atom stereocenters. The first-order valence-corrected chi connectivity index (χ1v) is 49.5. The van der Waals surface area contributed by atoms with E-state index in [2.05, 4.69) is 41.5 Å². The third-order valence-corrected chi connectivity index (χ3v) is 23.5. The van der Waals surface area contributed by atoms with E-state index in [9.17, 15) is 43.2 Å². The van der Waals surface area contributed by atoms with E-state index < -0.39 is 97.5 Å². The lowest BCUT2D eigenvalue weighted by Gasteiger charge is -2.21. The summed E-state index contributed by atoms with van der Waals surface area (Å²) in [6, 6.07) is 0. The van der Waals surface area contributed by atoms with E-state index >= 15 is 0 Å². The van der Waals surface area contributed by atoms with Gasteiger partial charge in [-0.3, -0.25) is 37.3 Å². The molecular formula is C90H176O17P2. The summed E-state index contributed by atoms with van der Waals surface area (Å²) in [5, 5.41) is 10.7. The molecule has 0 aliphatic heterocycles. The van der Waals surface area contributed by atoms with Crippen LogP contribution in [0.1, 0.15) is 485 Å². The van der Waals surface area contributed by atoms with E-state index in [0.29, 0.717) is 25.7 Å². The van der Waals surface area contributed by atoms with E-state index in [0.717, 1.165) is 102 Å². The molecule has 0 bridgehead atoms. The molecule has 0 rings (SSSR count). The summed E-state index contributed by atoms with van der Waals surface area (Å²) in [5.74, 6) is -0.406. The van der Waals surface area contributed by atoms with E-state index in [1.165, 1.54) is 302 Å². The van der Waals surface area contributed by atoms with Crippen LogP contribution in [0.15, 0.2) is 0 Å². The number of carbonyl (C=O) groups is 4. The van der Waals surface area contributed by atoms with Gasteiger partial charge in [0.25, 0.3) is 0 Å². The largest absolute Gasteiger partial charge is 0.472 e. The second kappa shape index (κ2) is 81.2. The van der Waals surface area contributed by atoms with Gasteiger partial charge >= 0.3 is 39.5 Å². The van der Waals surface area contributed by atoms with Gasteiger partial charge in [0.15, 0.2) is 12.2 Å². The zero-order valence-electron chi connectivity index (χ0n) is 71.9. The predicted octanol–water partition coefficient (Wildman–Crippen LogP) is 27.8. The highest BCUT2D eigenvalue weighted by atomic mass is 31.2. The molecule has 0 radical (unpaired) electrons. The number of ether oxygens (including phenoxy) is 4. The number of aliphatic hydroxyl groups excluding tert-OH is 1. The molecule has 0 aromatic rings. The molecule has 109 heavy (non-hydrogen) atoms. The Kier molecular flexibility index (Phi) is 79.8. The van der Waals surface area contributed by atoms with Crippen molar-refractivity contribution < 1.29 is 80.2 Å². The van der Waals surface area contributed by atoms with Crippen molar-refractivity contribution in [2.75, 3.05) is 39.6 Å². The molecule has 3 N–H and O–H groups in total. The summed E-state index contributed by atoms with van der Waals surface area (Å²) >= 11 is 0. The third kappa shape index (κ3) is 82.4. The van der Waals surface area contributed by atoms with Gasteiger partial charge in [-0.1, -0.05) is 433 Å². The van der Waals surface area contributed by atoms with Crippen molar-refractivity contribution in [2.24, 2.45) is 11.8 Å². The molecule has 0 aliphatic carbocycles. The number of unbranched alkanes of at least 4 members (excludes halogenated alkanes) is 58. The maximum Gasteiger partial charge on any atom is 0.472 e. The Balaban J connectivity index is 5.17.